The number of alkyl halides is 4. The Bertz CT molecular complexity index is 409. The Morgan fingerprint density at radius 1 is 1.19 bits per heavy atom. The predicted molar refractivity (Wildman–Crippen MR) is 74.1 cm³/mol. The Kier molecular flexibility index (Phi) is 7.11. The third kappa shape index (κ3) is 6.44. The van der Waals surface area contributed by atoms with Crippen molar-refractivity contribution in [3.63, 3.8) is 0 Å². The lowest BCUT2D eigenvalue weighted by molar-refractivity contribution is -0.167. The van der Waals surface area contributed by atoms with Gasteiger partial charge in [0.15, 0.2) is 0 Å². The first-order chi connectivity index (χ1) is 9.85. The number of ether oxygens (including phenoxy) is 1. The maximum Gasteiger partial charge on any atom is 0.330 e. The second kappa shape index (κ2) is 8.34. The number of likely N-dealkylation sites (N-methyl/N-ethyl adjacent to an activating group) is 1. The molecule has 0 aliphatic carbocycles. The molecular formula is C15H21F4NO. The number of rotatable bonds is 9. The number of halogens is 4. The molecular weight excluding hydrogens is 286 g/mol. The first-order valence-corrected chi connectivity index (χ1v) is 6.87. The number of nitrogens with one attached hydrogen (secondary N) is 1. The highest BCUT2D eigenvalue weighted by Crippen LogP contribution is 2.22. The highest BCUT2D eigenvalue weighted by molar-refractivity contribution is 5.22. The van der Waals surface area contributed by atoms with E-state index in [2.05, 4.69) is 5.32 Å². The molecule has 1 aromatic carbocycles. The van der Waals surface area contributed by atoms with Crippen LogP contribution in [0.15, 0.2) is 24.3 Å². The van der Waals surface area contributed by atoms with Crippen molar-refractivity contribution in [2.24, 2.45) is 0 Å². The van der Waals surface area contributed by atoms with Gasteiger partial charge in [-0.15, -0.1) is 0 Å². The Balaban J connectivity index is 2.48. The summed E-state index contributed by atoms with van der Waals surface area (Å²) in [4.78, 5) is 0. The molecule has 0 aliphatic heterocycles. The molecule has 0 amide bonds. The fourth-order valence-electron chi connectivity index (χ4n) is 1.89. The van der Waals surface area contributed by atoms with Crippen molar-refractivity contribution in [1.29, 1.82) is 0 Å². The van der Waals surface area contributed by atoms with Crippen molar-refractivity contribution < 1.29 is 22.3 Å². The average Bonchev–Trinajstić information content (AvgIpc) is 2.41. The standard InChI is InChI=1S/C15H21F4NO/c1-3-20-13(8-12-6-4-11(2)5-7-12)9-21-10-15(18,19)14(16)17/h4-7,13-14,20H,3,8-10H2,1-2H3. The van der Waals surface area contributed by atoms with Crippen LogP contribution in [0.25, 0.3) is 0 Å². The molecule has 120 valence electrons. The maximum absolute atomic E-state index is 12.8. The quantitative estimate of drug-likeness (QED) is 0.706. The highest BCUT2D eigenvalue weighted by Gasteiger charge is 2.41. The summed E-state index contributed by atoms with van der Waals surface area (Å²) in [6.07, 6.45) is -3.11. The van der Waals surface area contributed by atoms with Gasteiger partial charge in [-0.05, 0) is 25.5 Å². The molecule has 0 bridgehead atoms. The molecule has 6 heteroatoms. The van der Waals surface area contributed by atoms with E-state index in [4.69, 9.17) is 4.74 Å². The first kappa shape index (κ1) is 17.9. The third-order valence-electron chi connectivity index (χ3n) is 3.03. The Hall–Kier alpha value is -1.14. The highest BCUT2D eigenvalue weighted by atomic mass is 19.3. The van der Waals surface area contributed by atoms with E-state index in [9.17, 15) is 17.6 Å². The number of hydrogen-bond acceptors (Lipinski definition) is 2. The average molecular weight is 307 g/mol. The largest absolute Gasteiger partial charge is 0.373 e. The molecule has 0 aliphatic rings. The fraction of sp³-hybridized carbons (Fsp3) is 0.600. The van der Waals surface area contributed by atoms with Crippen LogP contribution in [0.2, 0.25) is 0 Å². The van der Waals surface area contributed by atoms with E-state index < -0.39 is 19.0 Å². The smallest absolute Gasteiger partial charge is 0.330 e. The molecule has 1 N–H and O–H groups in total. The van der Waals surface area contributed by atoms with Gasteiger partial charge in [-0.3, -0.25) is 0 Å². The SMILES string of the molecule is CCNC(COCC(F)(F)C(F)F)Cc1ccc(C)cc1. The molecule has 2 nitrogen and oxygen atoms in total. The molecule has 0 saturated heterocycles. The number of hydrogen-bond donors (Lipinski definition) is 1. The summed E-state index contributed by atoms with van der Waals surface area (Å²) in [5, 5.41) is 3.10. The summed E-state index contributed by atoms with van der Waals surface area (Å²) < 4.78 is 54.3. The van der Waals surface area contributed by atoms with E-state index in [0.717, 1.165) is 11.1 Å². The zero-order chi connectivity index (χ0) is 15.9. The van der Waals surface area contributed by atoms with Gasteiger partial charge in [0.25, 0.3) is 0 Å². The molecule has 1 aromatic rings. The Morgan fingerprint density at radius 3 is 2.33 bits per heavy atom. The summed E-state index contributed by atoms with van der Waals surface area (Å²) in [6.45, 7) is 3.20. The van der Waals surface area contributed by atoms with Crippen molar-refractivity contribution >= 4 is 0 Å². The molecule has 0 aromatic heterocycles. The third-order valence-corrected chi connectivity index (χ3v) is 3.03. The predicted octanol–water partition coefficient (Wildman–Crippen LogP) is 3.43. The zero-order valence-electron chi connectivity index (χ0n) is 12.2. The molecule has 0 heterocycles. The van der Waals surface area contributed by atoms with Gasteiger partial charge in [-0.2, -0.15) is 8.78 Å². The minimum atomic E-state index is -4.10. The van der Waals surface area contributed by atoms with E-state index >= 15 is 0 Å². The van der Waals surface area contributed by atoms with Crippen LogP contribution in [0.1, 0.15) is 18.1 Å². The molecule has 0 radical (unpaired) electrons. The fourth-order valence-corrected chi connectivity index (χ4v) is 1.89. The van der Waals surface area contributed by atoms with Crippen LogP contribution >= 0.6 is 0 Å². The van der Waals surface area contributed by atoms with Gasteiger partial charge in [0.2, 0.25) is 0 Å². The van der Waals surface area contributed by atoms with Crippen molar-refractivity contribution in [1.82, 2.24) is 5.32 Å². The summed E-state index contributed by atoms with van der Waals surface area (Å²) >= 11 is 0. The molecule has 21 heavy (non-hydrogen) atoms. The lowest BCUT2D eigenvalue weighted by Crippen LogP contribution is -2.38. The van der Waals surface area contributed by atoms with Gasteiger partial charge in [-0.1, -0.05) is 36.8 Å². The maximum atomic E-state index is 12.8. The van der Waals surface area contributed by atoms with Crippen molar-refractivity contribution in [2.45, 2.75) is 38.7 Å². The van der Waals surface area contributed by atoms with Gasteiger partial charge in [0, 0.05) is 6.04 Å². The summed E-state index contributed by atoms with van der Waals surface area (Å²) in [5.41, 5.74) is 2.17. The van der Waals surface area contributed by atoms with Gasteiger partial charge >= 0.3 is 12.3 Å². The van der Waals surface area contributed by atoms with Crippen LogP contribution in [-0.4, -0.2) is 38.1 Å². The molecule has 0 saturated carbocycles. The second-order valence-corrected chi connectivity index (χ2v) is 5.02. The van der Waals surface area contributed by atoms with Gasteiger partial charge in [-0.25, -0.2) is 8.78 Å². The summed E-state index contributed by atoms with van der Waals surface area (Å²) in [7, 11) is 0. The first-order valence-electron chi connectivity index (χ1n) is 6.87. The molecule has 0 fully saturated rings. The molecule has 0 spiro atoms. The minimum absolute atomic E-state index is 0.0377. The van der Waals surface area contributed by atoms with Crippen LogP contribution in [0.3, 0.4) is 0 Å². The van der Waals surface area contributed by atoms with Crippen LogP contribution in [0, 0.1) is 6.92 Å². The van der Waals surface area contributed by atoms with Crippen molar-refractivity contribution in [3.05, 3.63) is 35.4 Å². The van der Waals surface area contributed by atoms with Crippen molar-refractivity contribution in [3.8, 4) is 0 Å². The lowest BCUT2D eigenvalue weighted by atomic mass is 10.0. The Morgan fingerprint density at radius 2 is 1.81 bits per heavy atom. The molecule has 1 rings (SSSR count). The van der Waals surface area contributed by atoms with Crippen LogP contribution in [0.4, 0.5) is 17.6 Å². The summed E-state index contributed by atoms with van der Waals surface area (Å²) in [6, 6.07) is 7.64. The van der Waals surface area contributed by atoms with E-state index in [1.165, 1.54) is 0 Å². The van der Waals surface area contributed by atoms with Gasteiger partial charge in [0.05, 0.1) is 6.61 Å². The van der Waals surface area contributed by atoms with Crippen LogP contribution < -0.4 is 5.32 Å². The minimum Gasteiger partial charge on any atom is -0.373 e. The van der Waals surface area contributed by atoms with E-state index in [0.29, 0.717) is 13.0 Å². The number of benzene rings is 1. The number of aryl methyl sites for hydroxylation is 1. The zero-order valence-corrected chi connectivity index (χ0v) is 12.2. The van der Waals surface area contributed by atoms with E-state index in [-0.39, 0.29) is 12.6 Å². The van der Waals surface area contributed by atoms with Crippen LogP contribution in [-0.2, 0) is 11.2 Å². The molecule has 1 atom stereocenters. The lowest BCUT2D eigenvalue weighted by Gasteiger charge is -2.20. The monoisotopic (exact) mass is 307 g/mol. The Labute approximate surface area is 122 Å². The second-order valence-electron chi connectivity index (χ2n) is 5.02. The molecule has 1 unspecified atom stereocenters. The van der Waals surface area contributed by atoms with Gasteiger partial charge in [0.1, 0.15) is 6.61 Å². The normalized spacial score (nSPS) is 13.7. The topological polar surface area (TPSA) is 21.3 Å². The van der Waals surface area contributed by atoms with Crippen molar-refractivity contribution in [2.75, 3.05) is 19.8 Å². The van der Waals surface area contributed by atoms with Crippen LogP contribution in [0.5, 0.6) is 0 Å². The van der Waals surface area contributed by atoms with E-state index in [1.807, 2.05) is 38.1 Å². The van der Waals surface area contributed by atoms with E-state index in [1.54, 1.807) is 0 Å². The summed E-state index contributed by atoms with van der Waals surface area (Å²) in [5.74, 6) is -4.10. The van der Waals surface area contributed by atoms with Gasteiger partial charge < -0.3 is 10.1 Å².